The van der Waals surface area contributed by atoms with Crippen molar-refractivity contribution in [3.05, 3.63) is 0 Å². The van der Waals surface area contributed by atoms with E-state index in [1.165, 1.54) is 43.6 Å². The van der Waals surface area contributed by atoms with Crippen molar-refractivity contribution in [3.63, 3.8) is 0 Å². The van der Waals surface area contributed by atoms with Gasteiger partial charge in [0.15, 0.2) is 0 Å². The van der Waals surface area contributed by atoms with Crippen LogP contribution in [0.5, 0.6) is 0 Å². The summed E-state index contributed by atoms with van der Waals surface area (Å²) >= 11 is 4.05. The molecule has 1 N–H and O–H groups in total. The number of aliphatic hydroxyl groups is 1. The fraction of sp³-hybridized carbons (Fsp3) is 1.00. The van der Waals surface area contributed by atoms with E-state index in [0.29, 0.717) is 16.4 Å². The van der Waals surface area contributed by atoms with Gasteiger partial charge in [-0.25, -0.2) is 0 Å². The van der Waals surface area contributed by atoms with E-state index in [-0.39, 0.29) is 6.10 Å². The predicted molar refractivity (Wildman–Crippen MR) is 79.9 cm³/mol. The summed E-state index contributed by atoms with van der Waals surface area (Å²) < 4.78 is 0. The highest BCUT2D eigenvalue weighted by atomic mass is 32.2. The molecule has 1 saturated carbocycles. The first-order valence-corrected chi connectivity index (χ1v) is 9.23. The smallest absolute Gasteiger partial charge is 0.0697 e. The van der Waals surface area contributed by atoms with Crippen molar-refractivity contribution in [2.24, 2.45) is 11.8 Å². The van der Waals surface area contributed by atoms with Crippen LogP contribution in [0, 0.1) is 11.8 Å². The van der Waals surface area contributed by atoms with Crippen molar-refractivity contribution in [2.45, 2.75) is 62.6 Å². The fourth-order valence-electron chi connectivity index (χ4n) is 3.23. The molecule has 1 saturated heterocycles. The van der Waals surface area contributed by atoms with Crippen molar-refractivity contribution in [2.75, 3.05) is 11.5 Å². The van der Waals surface area contributed by atoms with E-state index in [1.54, 1.807) is 0 Å². The molecule has 0 aromatic heterocycles. The van der Waals surface area contributed by atoms with Crippen molar-refractivity contribution < 1.29 is 5.11 Å². The minimum absolute atomic E-state index is 0.0550. The van der Waals surface area contributed by atoms with Crippen LogP contribution in [-0.4, -0.2) is 33.2 Å². The van der Waals surface area contributed by atoms with Crippen molar-refractivity contribution >= 4 is 23.5 Å². The van der Waals surface area contributed by atoms with Gasteiger partial charge in [0, 0.05) is 22.0 Å². The van der Waals surface area contributed by atoms with Gasteiger partial charge in [0.05, 0.1) is 6.10 Å². The molecule has 1 heterocycles. The molecule has 2 rings (SSSR count). The Morgan fingerprint density at radius 1 is 1.12 bits per heavy atom. The Labute approximate surface area is 115 Å². The molecule has 3 unspecified atom stereocenters. The largest absolute Gasteiger partial charge is 0.392 e. The highest BCUT2D eigenvalue weighted by Crippen LogP contribution is 2.40. The highest BCUT2D eigenvalue weighted by Gasteiger charge is 2.35. The minimum Gasteiger partial charge on any atom is -0.392 e. The molecule has 3 heteroatoms. The van der Waals surface area contributed by atoms with Crippen molar-refractivity contribution in [3.8, 4) is 0 Å². The normalized spacial score (nSPS) is 41.1. The molecule has 17 heavy (non-hydrogen) atoms. The van der Waals surface area contributed by atoms with Gasteiger partial charge in [-0.15, -0.1) is 0 Å². The quantitative estimate of drug-likeness (QED) is 0.845. The molecule has 100 valence electrons. The summed E-state index contributed by atoms with van der Waals surface area (Å²) in [5, 5.41) is 11.7. The van der Waals surface area contributed by atoms with E-state index >= 15 is 0 Å². The van der Waals surface area contributed by atoms with E-state index < -0.39 is 0 Å². The third kappa shape index (κ3) is 3.57. The first-order valence-electron chi connectivity index (χ1n) is 7.13. The zero-order valence-corrected chi connectivity index (χ0v) is 12.7. The predicted octanol–water partition coefficient (Wildman–Crippen LogP) is 3.80. The molecule has 1 nitrogen and oxygen atoms in total. The zero-order chi connectivity index (χ0) is 12.3. The molecular weight excluding hydrogens is 248 g/mol. The van der Waals surface area contributed by atoms with Crippen LogP contribution in [0.3, 0.4) is 0 Å². The molecule has 0 spiro atoms. The Morgan fingerprint density at radius 2 is 1.76 bits per heavy atom. The van der Waals surface area contributed by atoms with Gasteiger partial charge in [0.2, 0.25) is 0 Å². The molecule has 3 atom stereocenters. The summed E-state index contributed by atoms with van der Waals surface area (Å²) in [4.78, 5) is 0. The second-order valence-electron chi connectivity index (χ2n) is 5.59. The van der Waals surface area contributed by atoms with Gasteiger partial charge in [-0.05, 0) is 24.7 Å². The lowest BCUT2D eigenvalue weighted by atomic mass is 9.77. The van der Waals surface area contributed by atoms with Crippen LogP contribution in [0.4, 0.5) is 0 Å². The number of thioether (sulfide) groups is 2. The maximum absolute atomic E-state index is 10.6. The van der Waals surface area contributed by atoms with Gasteiger partial charge in [-0.3, -0.25) is 0 Å². The summed E-state index contributed by atoms with van der Waals surface area (Å²) in [7, 11) is 0. The molecule has 0 radical (unpaired) electrons. The average molecular weight is 274 g/mol. The first kappa shape index (κ1) is 14.1. The molecule has 1 aliphatic heterocycles. The van der Waals surface area contributed by atoms with Crippen LogP contribution in [0.2, 0.25) is 0 Å². The van der Waals surface area contributed by atoms with Gasteiger partial charge in [-0.2, -0.15) is 23.5 Å². The topological polar surface area (TPSA) is 20.2 Å². The van der Waals surface area contributed by atoms with Crippen LogP contribution < -0.4 is 0 Å². The van der Waals surface area contributed by atoms with Gasteiger partial charge in [0.1, 0.15) is 0 Å². The van der Waals surface area contributed by atoms with Crippen LogP contribution in [0.1, 0.15) is 46.0 Å². The van der Waals surface area contributed by atoms with Crippen LogP contribution in [0.15, 0.2) is 0 Å². The van der Waals surface area contributed by atoms with Crippen molar-refractivity contribution in [1.29, 1.82) is 0 Å². The Hall–Kier alpha value is 0.660. The van der Waals surface area contributed by atoms with E-state index in [1.807, 2.05) is 23.5 Å². The molecule has 0 bridgehead atoms. The summed E-state index contributed by atoms with van der Waals surface area (Å²) in [6.45, 7) is 4.60. The van der Waals surface area contributed by atoms with E-state index in [2.05, 4.69) is 13.8 Å². The lowest BCUT2D eigenvalue weighted by Gasteiger charge is -2.38. The van der Waals surface area contributed by atoms with E-state index in [9.17, 15) is 5.11 Å². The summed E-state index contributed by atoms with van der Waals surface area (Å²) in [5.41, 5.74) is 0. The Balaban J connectivity index is 1.85. The second kappa shape index (κ2) is 6.72. The summed E-state index contributed by atoms with van der Waals surface area (Å²) in [6.07, 6.45) is 6.48. The Kier molecular flexibility index (Phi) is 5.56. The number of aliphatic hydroxyl groups excluding tert-OH is 1. The van der Waals surface area contributed by atoms with E-state index in [0.717, 1.165) is 5.92 Å². The van der Waals surface area contributed by atoms with Gasteiger partial charge < -0.3 is 5.11 Å². The van der Waals surface area contributed by atoms with Gasteiger partial charge >= 0.3 is 0 Å². The summed E-state index contributed by atoms with van der Waals surface area (Å²) in [5.74, 6) is 4.00. The maximum atomic E-state index is 10.6. The van der Waals surface area contributed by atoms with Crippen molar-refractivity contribution in [1.82, 2.24) is 0 Å². The lowest BCUT2D eigenvalue weighted by Crippen LogP contribution is -2.40. The molecule has 0 aromatic rings. The fourth-order valence-corrected chi connectivity index (χ4v) is 6.16. The molecule has 2 aliphatic rings. The van der Waals surface area contributed by atoms with Gasteiger partial charge in [0.25, 0.3) is 0 Å². The highest BCUT2D eigenvalue weighted by molar-refractivity contribution is 8.07. The average Bonchev–Trinajstić information content (AvgIpc) is 2.39. The molecule has 0 amide bonds. The van der Waals surface area contributed by atoms with E-state index in [4.69, 9.17) is 0 Å². The third-order valence-electron chi connectivity index (χ3n) is 4.53. The maximum Gasteiger partial charge on any atom is 0.0697 e. The number of hydrogen-bond donors (Lipinski definition) is 1. The number of hydrogen-bond acceptors (Lipinski definition) is 3. The standard InChI is InChI=1S/C14H26OS2/c1-3-11-4-6-12(7-5-11)13(15)14-10(2)16-8-9-17-14/h10-15H,3-9H2,1-2H3. The Morgan fingerprint density at radius 3 is 2.35 bits per heavy atom. The monoisotopic (exact) mass is 274 g/mol. The van der Waals surface area contributed by atoms with Crippen LogP contribution in [0.25, 0.3) is 0 Å². The Bertz CT molecular complexity index is 226. The molecule has 1 aliphatic carbocycles. The van der Waals surface area contributed by atoms with Crippen LogP contribution in [-0.2, 0) is 0 Å². The summed E-state index contributed by atoms with van der Waals surface area (Å²) in [6, 6.07) is 0. The van der Waals surface area contributed by atoms with Crippen LogP contribution >= 0.6 is 23.5 Å². The van der Waals surface area contributed by atoms with Gasteiger partial charge in [-0.1, -0.05) is 33.1 Å². The molecule has 0 aromatic carbocycles. The number of rotatable bonds is 3. The molecule has 2 fully saturated rings. The second-order valence-corrected chi connectivity index (χ2v) is 8.36. The lowest BCUT2D eigenvalue weighted by molar-refractivity contribution is 0.0714. The third-order valence-corrected chi connectivity index (χ3v) is 7.73. The minimum atomic E-state index is -0.0550. The zero-order valence-electron chi connectivity index (χ0n) is 11.1. The SMILES string of the molecule is CCC1CCC(C(O)C2SCCSC2C)CC1. The molecular formula is C14H26OS2. The first-order chi connectivity index (χ1) is 8.22.